The quantitative estimate of drug-likeness (QED) is 0.509. The van der Waals surface area contributed by atoms with Gasteiger partial charge in [-0.05, 0) is 31.8 Å². The van der Waals surface area contributed by atoms with Crippen molar-refractivity contribution in [2.24, 2.45) is 11.7 Å². The lowest BCUT2D eigenvalue weighted by molar-refractivity contribution is -0.138. The zero-order chi connectivity index (χ0) is 11.0. The monoisotopic (exact) mass is 202 g/mol. The van der Waals surface area contributed by atoms with Gasteiger partial charge in [0.1, 0.15) is 6.04 Å². The number of carboxylic acids is 1. The Hall–Kier alpha value is -0.610. The van der Waals surface area contributed by atoms with Gasteiger partial charge in [-0.3, -0.25) is 4.79 Å². The fraction of sp³-hybridized carbons (Fsp3) is 0.900. The number of hydrogen-bond donors (Lipinski definition) is 3. The van der Waals surface area contributed by atoms with E-state index in [4.69, 9.17) is 10.8 Å². The first-order valence-corrected chi connectivity index (χ1v) is 5.23. The summed E-state index contributed by atoms with van der Waals surface area (Å²) in [5.74, 6) is -0.239. The van der Waals surface area contributed by atoms with Gasteiger partial charge in [-0.25, -0.2) is 0 Å². The summed E-state index contributed by atoms with van der Waals surface area (Å²) >= 11 is 0. The zero-order valence-electron chi connectivity index (χ0n) is 9.12. The van der Waals surface area contributed by atoms with Crippen molar-refractivity contribution in [1.29, 1.82) is 0 Å². The molecule has 0 aromatic rings. The lowest BCUT2D eigenvalue weighted by Gasteiger charge is -2.08. The molecule has 0 saturated carbocycles. The van der Waals surface area contributed by atoms with Crippen LogP contribution in [0, 0.1) is 5.92 Å². The predicted molar refractivity (Wildman–Crippen MR) is 57.2 cm³/mol. The number of carboxylic acid groups (broad SMARTS) is 1. The minimum absolute atomic E-state index is 0.568. The smallest absolute Gasteiger partial charge is 0.320 e. The highest BCUT2D eigenvalue weighted by Gasteiger charge is 2.09. The van der Waals surface area contributed by atoms with Crippen molar-refractivity contribution in [3.63, 3.8) is 0 Å². The van der Waals surface area contributed by atoms with E-state index >= 15 is 0 Å². The third-order valence-electron chi connectivity index (χ3n) is 1.99. The Balaban J connectivity index is 3.17. The summed E-state index contributed by atoms with van der Waals surface area (Å²) in [7, 11) is 0. The summed E-state index contributed by atoms with van der Waals surface area (Å²) in [5, 5.41) is 11.8. The Kier molecular flexibility index (Phi) is 7.42. The molecule has 0 aromatic heterocycles. The first-order chi connectivity index (χ1) is 6.54. The van der Waals surface area contributed by atoms with Crippen LogP contribution >= 0.6 is 0 Å². The zero-order valence-corrected chi connectivity index (χ0v) is 9.12. The molecular formula is C10H22N2O2. The average molecular weight is 202 g/mol. The molecule has 0 aliphatic heterocycles. The molecule has 0 spiro atoms. The molecule has 0 amide bonds. The first kappa shape index (κ1) is 13.4. The molecule has 0 heterocycles. The fourth-order valence-corrected chi connectivity index (χ4v) is 1.13. The van der Waals surface area contributed by atoms with Crippen LogP contribution in [0.4, 0.5) is 0 Å². The van der Waals surface area contributed by atoms with Crippen LogP contribution in [-0.2, 0) is 4.79 Å². The Morgan fingerprint density at radius 2 is 2.07 bits per heavy atom. The molecule has 0 rings (SSSR count). The Bertz CT molecular complexity index is 160. The molecule has 0 aliphatic carbocycles. The molecule has 14 heavy (non-hydrogen) atoms. The summed E-state index contributed by atoms with van der Waals surface area (Å²) in [6.07, 6.45) is 2.44. The highest BCUT2D eigenvalue weighted by molar-refractivity contribution is 5.72. The van der Waals surface area contributed by atoms with E-state index in [9.17, 15) is 4.79 Å². The van der Waals surface area contributed by atoms with Gasteiger partial charge >= 0.3 is 5.97 Å². The molecule has 4 N–H and O–H groups in total. The number of carbonyl (C=O) groups is 1. The highest BCUT2D eigenvalue weighted by atomic mass is 16.4. The number of unbranched alkanes of at least 4 members (excludes halogenated alkanes) is 1. The predicted octanol–water partition coefficient (Wildman–Crippen LogP) is 0.814. The van der Waals surface area contributed by atoms with Crippen LogP contribution in [0.5, 0.6) is 0 Å². The van der Waals surface area contributed by atoms with Gasteiger partial charge in [0, 0.05) is 0 Å². The summed E-state index contributed by atoms with van der Waals surface area (Å²) in [6.45, 7) is 6.29. The minimum Gasteiger partial charge on any atom is -0.480 e. The van der Waals surface area contributed by atoms with Gasteiger partial charge in [-0.15, -0.1) is 0 Å². The summed E-state index contributed by atoms with van der Waals surface area (Å²) < 4.78 is 0. The van der Waals surface area contributed by atoms with E-state index in [1.165, 1.54) is 0 Å². The molecular weight excluding hydrogens is 180 g/mol. The third-order valence-corrected chi connectivity index (χ3v) is 1.99. The van der Waals surface area contributed by atoms with Gasteiger partial charge in [0.25, 0.3) is 0 Å². The van der Waals surface area contributed by atoms with Crippen LogP contribution in [-0.4, -0.2) is 30.2 Å². The summed E-state index contributed by atoms with van der Waals surface area (Å²) in [5.41, 5.74) is 5.36. The van der Waals surface area contributed by atoms with Gasteiger partial charge in [0.15, 0.2) is 0 Å². The van der Waals surface area contributed by atoms with Gasteiger partial charge in [-0.2, -0.15) is 0 Å². The Morgan fingerprint density at radius 3 is 2.57 bits per heavy atom. The van der Waals surface area contributed by atoms with Crippen molar-refractivity contribution < 1.29 is 9.90 Å². The molecule has 0 fully saturated rings. The second-order valence-corrected chi connectivity index (χ2v) is 4.04. The second kappa shape index (κ2) is 7.76. The highest BCUT2D eigenvalue weighted by Crippen LogP contribution is 1.98. The van der Waals surface area contributed by atoms with Crippen LogP contribution in [0.1, 0.15) is 33.1 Å². The van der Waals surface area contributed by atoms with Crippen LogP contribution < -0.4 is 11.1 Å². The molecule has 84 valence electrons. The molecule has 4 heteroatoms. The van der Waals surface area contributed by atoms with Crippen molar-refractivity contribution in [1.82, 2.24) is 5.32 Å². The minimum atomic E-state index is -0.903. The maximum atomic E-state index is 10.4. The molecule has 0 aliphatic rings. The van der Waals surface area contributed by atoms with Gasteiger partial charge < -0.3 is 16.2 Å². The normalized spacial score (nSPS) is 13.1. The number of aliphatic carboxylic acids is 1. The first-order valence-electron chi connectivity index (χ1n) is 5.23. The largest absolute Gasteiger partial charge is 0.480 e. The van der Waals surface area contributed by atoms with Crippen LogP contribution in [0.2, 0.25) is 0 Å². The summed E-state index contributed by atoms with van der Waals surface area (Å²) in [6, 6.07) is -0.694. The molecule has 1 atom stereocenters. The average Bonchev–Trinajstić information content (AvgIpc) is 2.09. The maximum absolute atomic E-state index is 10.4. The second-order valence-electron chi connectivity index (χ2n) is 4.04. The van der Waals surface area contributed by atoms with Gasteiger partial charge in [-0.1, -0.05) is 20.3 Å². The molecule has 0 radical (unpaired) electrons. The van der Waals surface area contributed by atoms with Gasteiger partial charge in [0.2, 0.25) is 0 Å². The van der Waals surface area contributed by atoms with E-state index in [1.54, 1.807) is 0 Å². The topological polar surface area (TPSA) is 75.3 Å². The number of hydrogen-bond acceptors (Lipinski definition) is 3. The summed E-state index contributed by atoms with van der Waals surface area (Å²) in [4.78, 5) is 10.4. The van der Waals surface area contributed by atoms with E-state index in [1.807, 2.05) is 0 Å². The lowest BCUT2D eigenvalue weighted by Crippen LogP contribution is -2.30. The lowest BCUT2D eigenvalue weighted by atomic mass is 10.1. The Labute approximate surface area is 85.9 Å². The van der Waals surface area contributed by atoms with Crippen LogP contribution in [0.25, 0.3) is 0 Å². The van der Waals surface area contributed by atoms with Crippen molar-refractivity contribution >= 4 is 5.97 Å². The molecule has 0 aromatic carbocycles. The van der Waals surface area contributed by atoms with E-state index in [-0.39, 0.29) is 0 Å². The van der Waals surface area contributed by atoms with Crippen molar-refractivity contribution in [2.45, 2.75) is 39.2 Å². The molecule has 0 saturated heterocycles. The maximum Gasteiger partial charge on any atom is 0.320 e. The third kappa shape index (κ3) is 8.01. The molecule has 0 unspecified atom stereocenters. The van der Waals surface area contributed by atoms with E-state index < -0.39 is 12.0 Å². The van der Waals surface area contributed by atoms with Crippen molar-refractivity contribution in [3.8, 4) is 0 Å². The van der Waals surface area contributed by atoms with Gasteiger partial charge in [0.05, 0.1) is 0 Å². The molecule has 0 bridgehead atoms. The molecule has 4 nitrogen and oxygen atoms in total. The van der Waals surface area contributed by atoms with E-state index in [0.29, 0.717) is 12.3 Å². The standard InChI is InChI=1S/C10H22N2O2/c1-8(2)7-12-6-4-3-5-9(11)10(13)14/h8-9,12H,3-7,11H2,1-2H3,(H,13,14)/t9-/m0/s1. The van der Waals surface area contributed by atoms with Crippen LogP contribution in [0.3, 0.4) is 0 Å². The number of rotatable bonds is 8. The SMILES string of the molecule is CC(C)CNCCCC[C@H](N)C(=O)O. The Morgan fingerprint density at radius 1 is 1.43 bits per heavy atom. The number of nitrogens with two attached hydrogens (primary N) is 1. The van der Waals surface area contributed by atoms with Crippen molar-refractivity contribution in [2.75, 3.05) is 13.1 Å². The fourth-order valence-electron chi connectivity index (χ4n) is 1.13. The van der Waals surface area contributed by atoms with E-state index in [2.05, 4.69) is 19.2 Å². The van der Waals surface area contributed by atoms with Crippen molar-refractivity contribution in [3.05, 3.63) is 0 Å². The number of nitrogens with one attached hydrogen (secondary N) is 1. The van der Waals surface area contributed by atoms with E-state index in [0.717, 1.165) is 25.9 Å². The van der Waals surface area contributed by atoms with Crippen LogP contribution in [0.15, 0.2) is 0 Å².